The second kappa shape index (κ2) is 11.0. The fourth-order valence-corrected chi connectivity index (χ4v) is 2.59. The van der Waals surface area contributed by atoms with Gasteiger partial charge in [0.1, 0.15) is 6.10 Å². The molecule has 8 nitrogen and oxygen atoms in total. The number of ether oxygens (including phenoxy) is 3. The van der Waals surface area contributed by atoms with Crippen molar-refractivity contribution < 1.29 is 33.7 Å². The fourth-order valence-electron chi connectivity index (χ4n) is 2.59. The van der Waals surface area contributed by atoms with Crippen molar-refractivity contribution in [2.24, 2.45) is 0 Å². The summed E-state index contributed by atoms with van der Waals surface area (Å²) in [4.78, 5) is 35.7. The summed E-state index contributed by atoms with van der Waals surface area (Å²) in [7, 11) is 0. The van der Waals surface area contributed by atoms with E-state index in [4.69, 9.17) is 14.2 Å². The second-order valence-corrected chi connectivity index (χ2v) is 5.99. The lowest BCUT2D eigenvalue weighted by molar-refractivity contribution is -0.206. The Kier molecular flexibility index (Phi) is 9.44. The normalized spacial score (nSPS) is 25.9. The van der Waals surface area contributed by atoms with Crippen molar-refractivity contribution in [2.45, 2.75) is 77.2 Å². The average Bonchev–Trinajstić information content (AvgIpc) is 2.58. The lowest BCUT2D eigenvalue weighted by Gasteiger charge is -2.41. The Morgan fingerprint density at radius 3 is 2.24 bits per heavy atom. The van der Waals surface area contributed by atoms with Gasteiger partial charge >= 0.3 is 11.9 Å². The Labute approximate surface area is 148 Å². The van der Waals surface area contributed by atoms with E-state index < -0.39 is 36.3 Å². The Hall–Kier alpha value is -1.67. The topological polar surface area (TPSA) is 111 Å². The summed E-state index contributed by atoms with van der Waals surface area (Å²) >= 11 is 0. The molecular weight excluding hydrogens is 330 g/mol. The van der Waals surface area contributed by atoms with Gasteiger partial charge in [-0.05, 0) is 12.8 Å². The molecule has 1 aliphatic rings. The molecule has 1 amide bonds. The van der Waals surface area contributed by atoms with E-state index in [0.29, 0.717) is 19.3 Å². The molecule has 144 valence electrons. The largest absolute Gasteiger partial charge is 0.456 e. The molecule has 0 bridgehead atoms. The zero-order chi connectivity index (χ0) is 18.8. The van der Waals surface area contributed by atoms with Crippen LogP contribution < -0.4 is 5.32 Å². The molecule has 1 heterocycles. The van der Waals surface area contributed by atoms with Crippen LogP contribution in [0, 0.1) is 0 Å². The number of amides is 1. The zero-order valence-electron chi connectivity index (χ0n) is 15.2. The van der Waals surface area contributed by atoms with Gasteiger partial charge in [-0.25, -0.2) is 0 Å². The molecule has 0 unspecified atom stereocenters. The number of aliphatic hydroxyl groups excluding tert-OH is 1. The van der Waals surface area contributed by atoms with E-state index in [1.54, 1.807) is 6.92 Å². The van der Waals surface area contributed by atoms with Gasteiger partial charge in [0.05, 0.1) is 19.3 Å². The third kappa shape index (κ3) is 6.62. The molecule has 1 rings (SSSR count). The highest BCUT2D eigenvalue weighted by Gasteiger charge is 2.45. The molecule has 8 heteroatoms. The van der Waals surface area contributed by atoms with Crippen LogP contribution in [0.25, 0.3) is 0 Å². The highest BCUT2D eigenvalue weighted by Crippen LogP contribution is 2.23. The molecule has 0 aromatic heterocycles. The Morgan fingerprint density at radius 1 is 1.04 bits per heavy atom. The predicted octanol–water partition coefficient (Wildman–Crippen LogP) is 0.696. The van der Waals surface area contributed by atoms with E-state index in [1.807, 2.05) is 13.8 Å². The van der Waals surface area contributed by atoms with E-state index in [0.717, 1.165) is 0 Å². The lowest BCUT2D eigenvalue weighted by atomic mass is 9.97. The number of hydrogen-bond donors (Lipinski definition) is 2. The molecule has 1 fully saturated rings. The van der Waals surface area contributed by atoms with Crippen molar-refractivity contribution in [3.8, 4) is 0 Å². The third-order valence-corrected chi connectivity index (χ3v) is 3.86. The minimum atomic E-state index is -0.973. The molecule has 0 saturated carbocycles. The van der Waals surface area contributed by atoms with Crippen molar-refractivity contribution in [1.29, 1.82) is 0 Å². The number of rotatable bonds is 9. The molecule has 1 aliphatic heterocycles. The van der Waals surface area contributed by atoms with Gasteiger partial charge in [0, 0.05) is 19.3 Å². The van der Waals surface area contributed by atoms with E-state index >= 15 is 0 Å². The smallest absolute Gasteiger partial charge is 0.306 e. The summed E-state index contributed by atoms with van der Waals surface area (Å²) in [5.41, 5.74) is 0. The monoisotopic (exact) mass is 359 g/mol. The molecule has 1 saturated heterocycles. The maximum atomic E-state index is 12.0. The Balaban J connectivity index is 2.98. The molecule has 25 heavy (non-hydrogen) atoms. The van der Waals surface area contributed by atoms with E-state index in [2.05, 4.69) is 5.32 Å². The molecule has 4 atom stereocenters. The first kappa shape index (κ1) is 21.4. The highest BCUT2D eigenvalue weighted by molar-refractivity contribution is 5.76. The second-order valence-electron chi connectivity index (χ2n) is 5.99. The first-order chi connectivity index (χ1) is 12.0. The van der Waals surface area contributed by atoms with Gasteiger partial charge in [-0.2, -0.15) is 0 Å². The number of carbonyl (C=O) groups excluding carboxylic acids is 3. The van der Waals surface area contributed by atoms with Crippen molar-refractivity contribution >= 4 is 17.8 Å². The van der Waals surface area contributed by atoms with Gasteiger partial charge in [-0.1, -0.05) is 20.8 Å². The Morgan fingerprint density at radius 2 is 1.68 bits per heavy atom. The van der Waals surface area contributed by atoms with E-state index in [1.165, 1.54) is 0 Å². The number of hydrogen-bond acceptors (Lipinski definition) is 7. The number of carbonyl (C=O) groups is 3. The highest BCUT2D eigenvalue weighted by atomic mass is 16.6. The summed E-state index contributed by atoms with van der Waals surface area (Å²) in [6.45, 7) is 5.03. The van der Waals surface area contributed by atoms with Crippen LogP contribution in [0.4, 0.5) is 0 Å². The van der Waals surface area contributed by atoms with E-state index in [-0.39, 0.29) is 32.0 Å². The van der Waals surface area contributed by atoms with Crippen molar-refractivity contribution in [3.63, 3.8) is 0 Å². The van der Waals surface area contributed by atoms with Crippen LogP contribution >= 0.6 is 0 Å². The van der Waals surface area contributed by atoms with Crippen LogP contribution in [0.1, 0.15) is 52.9 Å². The quantitative estimate of drug-likeness (QED) is 0.583. The van der Waals surface area contributed by atoms with Gasteiger partial charge in [0.15, 0.2) is 12.2 Å². The van der Waals surface area contributed by atoms with Crippen LogP contribution in [-0.2, 0) is 28.6 Å². The number of nitrogens with one attached hydrogen (secondary N) is 1. The van der Waals surface area contributed by atoms with Gasteiger partial charge < -0.3 is 24.6 Å². The number of esters is 2. The summed E-state index contributed by atoms with van der Waals surface area (Å²) in [5, 5.41) is 12.3. The first-order valence-corrected chi connectivity index (χ1v) is 8.87. The predicted molar refractivity (Wildman–Crippen MR) is 88.6 cm³/mol. The van der Waals surface area contributed by atoms with Gasteiger partial charge in [0.2, 0.25) is 5.91 Å². The minimum Gasteiger partial charge on any atom is -0.456 e. The SMILES string of the molecule is CCCC(=O)N[C@H]1CO[C@H](CO)[C@@H](OC(=O)CC)[C@@H]1OC(=O)CCC. The van der Waals surface area contributed by atoms with E-state index in [9.17, 15) is 19.5 Å². The van der Waals surface area contributed by atoms with Gasteiger partial charge in [-0.3, -0.25) is 14.4 Å². The minimum absolute atomic E-state index is 0.0604. The fraction of sp³-hybridized carbons (Fsp3) is 0.824. The lowest BCUT2D eigenvalue weighted by Crippen LogP contribution is -2.62. The molecular formula is C17H29NO7. The van der Waals surface area contributed by atoms with Crippen molar-refractivity contribution in [3.05, 3.63) is 0 Å². The summed E-state index contributed by atoms with van der Waals surface area (Å²) in [5.74, 6) is -1.14. The third-order valence-electron chi connectivity index (χ3n) is 3.86. The van der Waals surface area contributed by atoms with Crippen LogP contribution in [0.3, 0.4) is 0 Å². The maximum Gasteiger partial charge on any atom is 0.306 e. The summed E-state index contributed by atoms with van der Waals surface area (Å²) in [6, 6.07) is -0.641. The molecule has 0 radical (unpaired) electrons. The Bertz CT molecular complexity index is 454. The molecule has 2 N–H and O–H groups in total. The average molecular weight is 359 g/mol. The molecule has 0 aliphatic carbocycles. The zero-order valence-corrected chi connectivity index (χ0v) is 15.2. The molecule has 0 spiro atoms. The number of aliphatic hydroxyl groups is 1. The van der Waals surface area contributed by atoms with Crippen LogP contribution in [0.2, 0.25) is 0 Å². The van der Waals surface area contributed by atoms with Crippen molar-refractivity contribution in [2.75, 3.05) is 13.2 Å². The van der Waals surface area contributed by atoms with Crippen LogP contribution in [0.5, 0.6) is 0 Å². The summed E-state index contributed by atoms with van der Waals surface area (Å²) < 4.78 is 16.4. The standard InChI is InChI=1S/C17H29NO7/c1-4-7-13(20)18-11-10-23-12(9-19)17(24-14(21)6-3)16(11)25-15(22)8-5-2/h11-12,16-17,19H,4-10H2,1-3H3,(H,18,20)/t11-,12+,16+,17+/m0/s1. The van der Waals surface area contributed by atoms with Crippen LogP contribution in [0.15, 0.2) is 0 Å². The summed E-state index contributed by atoms with van der Waals surface area (Å²) in [6.07, 6.45) is -0.725. The van der Waals surface area contributed by atoms with Gasteiger partial charge in [-0.15, -0.1) is 0 Å². The molecule has 0 aromatic rings. The first-order valence-electron chi connectivity index (χ1n) is 8.87. The van der Waals surface area contributed by atoms with Gasteiger partial charge in [0.25, 0.3) is 0 Å². The molecule has 0 aromatic carbocycles. The van der Waals surface area contributed by atoms with Crippen molar-refractivity contribution in [1.82, 2.24) is 5.32 Å². The maximum absolute atomic E-state index is 12.0. The van der Waals surface area contributed by atoms with Crippen LogP contribution in [-0.4, -0.2) is 60.5 Å².